The fourth-order valence-electron chi connectivity index (χ4n) is 4.81. The van der Waals surface area contributed by atoms with Gasteiger partial charge in [-0.1, -0.05) is 145 Å². The quantitative estimate of drug-likeness (QED) is 0.0742. The van der Waals surface area contributed by atoms with E-state index in [4.69, 9.17) is 5.11 Å². The Balaban J connectivity index is 4.38. The third kappa shape index (κ3) is 25.9. The van der Waals surface area contributed by atoms with Crippen LogP contribution in [0.3, 0.4) is 0 Å². The molecular weight excluding hydrogens is 496 g/mol. The lowest BCUT2D eigenvalue weighted by molar-refractivity contribution is -0.143. The monoisotopic (exact) mass is 556 g/mol. The van der Waals surface area contributed by atoms with Gasteiger partial charge < -0.3 is 10.2 Å². The third-order valence-corrected chi connectivity index (χ3v) is 7.31. The molecule has 0 aliphatic heterocycles. The van der Waals surface area contributed by atoms with E-state index in [0.29, 0.717) is 0 Å². The molecule has 0 saturated heterocycles. The summed E-state index contributed by atoms with van der Waals surface area (Å²) >= 11 is 0. The Morgan fingerprint density at radius 2 is 1.05 bits per heavy atom. The molecule has 0 aliphatic rings. The van der Waals surface area contributed by atoms with Crippen molar-refractivity contribution in [3.05, 3.63) is 60.8 Å². The average Bonchev–Trinajstić information content (AvgIpc) is 2.93. The first-order valence-corrected chi connectivity index (χ1v) is 16.3. The van der Waals surface area contributed by atoms with Crippen LogP contribution in [-0.4, -0.2) is 22.2 Å². The summed E-state index contributed by atoms with van der Waals surface area (Å²) < 4.78 is 0. The van der Waals surface area contributed by atoms with Crippen molar-refractivity contribution >= 4 is 11.9 Å². The van der Waals surface area contributed by atoms with Gasteiger partial charge in [-0.2, -0.15) is 0 Å². The number of unbranched alkanes of at least 4 members (excludes halogenated alkanes) is 13. The van der Waals surface area contributed by atoms with E-state index < -0.39 is 11.9 Å². The van der Waals surface area contributed by atoms with Crippen molar-refractivity contribution in [2.45, 2.75) is 142 Å². The molecule has 0 aliphatic carbocycles. The summed E-state index contributed by atoms with van der Waals surface area (Å²) in [5, 5.41) is 18.7. The molecule has 0 fully saturated rings. The Hall–Kier alpha value is -2.36. The smallest absolute Gasteiger partial charge is 0.307 e. The summed E-state index contributed by atoms with van der Waals surface area (Å²) in [5.74, 6) is -1.57. The Morgan fingerprint density at radius 1 is 0.550 bits per heavy atom. The predicted molar refractivity (Wildman–Crippen MR) is 172 cm³/mol. The first-order chi connectivity index (χ1) is 19.5. The maximum atomic E-state index is 12.2. The minimum absolute atomic E-state index is 0.0914. The van der Waals surface area contributed by atoms with Gasteiger partial charge in [0.1, 0.15) is 0 Å². The first kappa shape index (κ1) is 37.6. The van der Waals surface area contributed by atoms with E-state index in [0.717, 1.165) is 109 Å². The van der Waals surface area contributed by atoms with Gasteiger partial charge in [-0.15, -0.1) is 0 Å². The summed E-state index contributed by atoms with van der Waals surface area (Å²) in [6, 6.07) is 0. The summed E-state index contributed by atoms with van der Waals surface area (Å²) in [6.07, 6.45) is 41.8. The lowest BCUT2D eigenvalue weighted by atomic mass is 9.83. The van der Waals surface area contributed by atoms with E-state index in [9.17, 15) is 14.7 Å². The number of carboxylic acids is 2. The Morgan fingerprint density at radius 3 is 1.62 bits per heavy atom. The second-order valence-electron chi connectivity index (χ2n) is 11.0. The largest absolute Gasteiger partial charge is 0.481 e. The van der Waals surface area contributed by atoms with Crippen molar-refractivity contribution in [1.29, 1.82) is 0 Å². The molecule has 0 amide bonds. The number of hydrogen-bond donors (Lipinski definition) is 2. The van der Waals surface area contributed by atoms with Gasteiger partial charge >= 0.3 is 11.9 Å². The number of allylic oxidation sites excluding steroid dienone is 10. The molecule has 0 spiro atoms. The van der Waals surface area contributed by atoms with Crippen LogP contribution in [0.15, 0.2) is 60.8 Å². The second-order valence-corrected chi connectivity index (χ2v) is 11.0. The van der Waals surface area contributed by atoms with Gasteiger partial charge in [0, 0.05) is 6.42 Å². The molecule has 2 atom stereocenters. The highest BCUT2D eigenvalue weighted by atomic mass is 16.4. The summed E-state index contributed by atoms with van der Waals surface area (Å²) in [4.78, 5) is 22.7. The van der Waals surface area contributed by atoms with Gasteiger partial charge in [-0.25, -0.2) is 0 Å². The van der Waals surface area contributed by atoms with Crippen LogP contribution in [0.1, 0.15) is 142 Å². The van der Waals surface area contributed by atoms with Gasteiger partial charge in [-0.3, -0.25) is 9.59 Å². The summed E-state index contributed by atoms with van der Waals surface area (Å²) in [6.45, 7) is 4.40. The lowest BCUT2D eigenvalue weighted by Crippen LogP contribution is -2.22. The van der Waals surface area contributed by atoms with Crippen LogP contribution in [0.2, 0.25) is 0 Å². The summed E-state index contributed by atoms with van der Waals surface area (Å²) in [7, 11) is 0. The number of carbonyl (C=O) groups is 2. The van der Waals surface area contributed by atoms with Crippen LogP contribution >= 0.6 is 0 Å². The van der Waals surface area contributed by atoms with Crippen LogP contribution in [0.5, 0.6) is 0 Å². The molecule has 4 heteroatoms. The molecule has 0 aromatic carbocycles. The Labute approximate surface area is 246 Å². The highest BCUT2D eigenvalue weighted by Gasteiger charge is 2.25. The van der Waals surface area contributed by atoms with Crippen LogP contribution in [0, 0.1) is 11.8 Å². The van der Waals surface area contributed by atoms with Gasteiger partial charge in [0.25, 0.3) is 0 Å². The molecule has 0 rings (SSSR count). The van der Waals surface area contributed by atoms with Gasteiger partial charge in [0.05, 0.1) is 5.92 Å². The van der Waals surface area contributed by atoms with E-state index >= 15 is 0 Å². The van der Waals surface area contributed by atoms with Crippen molar-refractivity contribution in [1.82, 2.24) is 0 Å². The van der Waals surface area contributed by atoms with Gasteiger partial charge in [0.2, 0.25) is 0 Å². The molecule has 0 aromatic heterocycles. The normalized spacial score (nSPS) is 13.9. The second kappa shape index (κ2) is 29.6. The molecule has 4 nitrogen and oxygen atoms in total. The Bertz CT molecular complexity index is 744. The third-order valence-electron chi connectivity index (χ3n) is 7.31. The molecule has 0 aromatic rings. The van der Waals surface area contributed by atoms with E-state index in [2.05, 4.69) is 74.6 Å². The maximum absolute atomic E-state index is 12.2. The number of aliphatic carboxylic acids is 2. The Kier molecular flexibility index (Phi) is 27.9. The summed E-state index contributed by atoms with van der Waals surface area (Å²) in [5.41, 5.74) is 0. The molecule has 40 heavy (non-hydrogen) atoms. The molecule has 228 valence electrons. The first-order valence-electron chi connectivity index (χ1n) is 16.3. The molecular formula is C36H60O4. The number of carboxylic acid groups (broad SMARTS) is 2. The molecule has 2 N–H and O–H groups in total. The minimum Gasteiger partial charge on any atom is -0.481 e. The molecule has 2 unspecified atom stereocenters. The molecule has 0 bridgehead atoms. The van der Waals surface area contributed by atoms with E-state index in [-0.39, 0.29) is 18.3 Å². The average molecular weight is 557 g/mol. The van der Waals surface area contributed by atoms with E-state index in [1.807, 2.05) is 0 Å². The van der Waals surface area contributed by atoms with Crippen LogP contribution in [-0.2, 0) is 9.59 Å². The zero-order valence-electron chi connectivity index (χ0n) is 25.8. The van der Waals surface area contributed by atoms with Crippen LogP contribution < -0.4 is 0 Å². The topological polar surface area (TPSA) is 74.6 Å². The van der Waals surface area contributed by atoms with Crippen molar-refractivity contribution in [3.63, 3.8) is 0 Å². The highest BCUT2D eigenvalue weighted by molar-refractivity contribution is 5.70. The zero-order valence-corrected chi connectivity index (χ0v) is 25.8. The van der Waals surface area contributed by atoms with Gasteiger partial charge in [-0.05, 0) is 57.3 Å². The molecule has 0 heterocycles. The van der Waals surface area contributed by atoms with Crippen molar-refractivity contribution in [2.75, 3.05) is 0 Å². The molecule has 0 saturated carbocycles. The van der Waals surface area contributed by atoms with Crippen molar-refractivity contribution in [2.24, 2.45) is 11.8 Å². The number of hydrogen-bond acceptors (Lipinski definition) is 2. The van der Waals surface area contributed by atoms with E-state index in [1.54, 1.807) is 0 Å². The van der Waals surface area contributed by atoms with Crippen molar-refractivity contribution < 1.29 is 19.8 Å². The fourth-order valence-corrected chi connectivity index (χ4v) is 4.81. The fraction of sp³-hybridized carbons (Fsp3) is 0.667. The zero-order chi connectivity index (χ0) is 29.5. The standard InChI is InChI=1S/C36H60O4/c1-3-5-7-8-9-10-11-12-13-14-17-20-23-27-31-34(36(39)40)33(29-25-6-4-2)30-26-22-19-16-15-18-21-24-28-32-35(37)38/h8-13,19,22,26,30,33-34H,3-7,14-18,20-21,23-25,27-29,31-32H2,1-2H3,(H,37,38)(H,39,40). The lowest BCUT2D eigenvalue weighted by Gasteiger charge is -2.21. The SMILES string of the molecule is CCCCC=CC=CC=CCCCCCCC(C(=O)O)C(C=CC=CCCCCCCCC(=O)O)CCCCC. The minimum atomic E-state index is -0.707. The van der Waals surface area contributed by atoms with Crippen molar-refractivity contribution in [3.8, 4) is 0 Å². The van der Waals surface area contributed by atoms with Crippen LogP contribution in [0.4, 0.5) is 0 Å². The number of rotatable bonds is 28. The van der Waals surface area contributed by atoms with Crippen LogP contribution in [0.25, 0.3) is 0 Å². The highest BCUT2D eigenvalue weighted by Crippen LogP contribution is 2.27. The van der Waals surface area contributed by atoms with Gasteiger partial charge in [0.15, 0.2) is 0 Å². The predicted octanol–water partition coefficient (Wildman–Crippen LogP) is 11.0. The molecule has 0 radical (unpaired) electrons. The maximum Gasteiger partial charge on any atom is 0.307 e. The van der Waals surface area contributed by atoms with E-state index in [1.165, 1.54) is 12.8 Å².